The molecule has 0 aliphatic carbocycles. The molecular formula is C22H27NO2. The van der Waals surface area contributed by atoms with Gasteiger partial charge in [-0.05, 0) is 56.6 Å². The third-order valence-corrected chi connectivity index (χ3v) is 4.78. The summed E-state index contributed by atoms with van der Waals surface area (Å²) < 4.78 is 11.0. The average Bonchev–Trinajstić information content (AvgIpc) is 3.04. The second kappa shape index (κ2) is 8.32. The summed E-state index contributed by atoms with van der Waals surface area (Å²) in [5.41, 5.74) is 4.80. The fraction of sp³-hybridized carbons (Fsp3) is 0.364. The van der Waals surface area contributed by atoms with Gasteiger partial charge in [0.1, 0.15) is 5.75 Å². The molecule has 0 amide bonds. The maximum absolute atomic E-state index is 5.86. The van der Waals surface area contributed by atoms with Gasteiger partial charge in [-0.3, -0.25) is 4.90 Å². The van der Waals surface area contributed by atoms with Gasteiger partial charge in [-0.15, -0.1) is 0 Å². The molecule has 1 aliphatic heterocycles. The van der Waals surface area contributed by atoms with Crippen LogP contribution in [-0.4, -0.2) is 38.4 Å². The van der Waals surface area contributed by atoms with Crippen LogP contribution in [0, 0.1) is 6.92 Å². The van der Waals surface area contributed by atoms with Crippen molar-refractivity contribution < 1.29 is 9.47 Å². The Morgan fingerprint density at radius 3 is 2.68 bits per heavy atom. The number of methoxy groups -OCH3 is 1. The predicted molar refractivity (Wildman–Crippen MR) is 103 cm³/mol. The van der Waals surface area contributed by atoms with E-state index in [9.17, 15) is 0 Å². The van der Waals surface area contributed by atoms with Gasteiger partial charge in [-0.1, -0.05) is 48.0 Å². The van der Waals surface area contributed by atoms with E-state index in [4.69, 9.17) is 9.47 Å². The molecule has 0 spiro atoms. The molecule has 0 bridgehead atoms. The summed E-state index contributed by atoms with van der Waals surface area (Å²) in [6.45, 7) is 3.53. The molecule has 0 radical (unpaired) electrons. The number of rotatable bonds is 6. The van der Waals surface area contributed by atoms with Gasteiger partial charge in [0, 0.05) is 18.7 Å². The molecule has 0 aromatic heterocycles. The van der Waals surface area contributed by atoms with Crippen molar-refractivity contribution in [3.8, 4) is 5.75 Å². The van der Waals surface area contributed by atoms with Gasteiger partial charge in [0.15, 0.2) is 6.79 Å². The summed E-state index contributed by atoms with van der Waals surface area (Å²) in [6, 6.07) is 17.4. The van der Waals surface area contributed by atoms with Crippen LogP contribution in [-0.2, 0) is 4.74 Å². The van der Waals surface area contributed by atoms with E-state index in [1.54, 1.807) is 7.11 Å². The van der Waals surface area contributed by atoms with Crippen molar-refractivity contribution in [2.24, 2.45) is 0 Å². The van der Waals surface area contributed by atoms with Gasteiger partial charge in [0.25, 0.3) is 0 Å². The average molecular weight is 337 g/mol. The number of hydrogen-bond donors (Lipinski definition) is 0. The van der Waals surface area contributed by atoms with E-state index < -0.39 is 0 Å². The Kier molecular flexibility index (Phi) is 5.90. The van der Waals surface area contributed by atoms with Crippen LogP contribution in [0.15, 0.2) is 54.6 Å². The third kappa shape index (κ3) is 4.30. The van der Waals surface area contributed by atoms with Gasteiger partial charge in [-0.25, -0.2) is 0 Å². The standard InChI is InChI=1S/C22H27NO2/c1-17-11-12-22(25-16-24-3)21(14-17)20(18-8-5-4-6-9-18)15-19-10-7-13-23(19)2/h4-6,8-9,11-12,14-15,19H,7,10,13,16H2,1-3H3/b20-15+. The smallest absolute Gasteiger partial charge is 0.188 e. The first-order chi connectivity index (χ1) is 12.2. The molecule has 0 saturated carbocycles. The molecule has 132 valence electrons. The second-order valence-corrected chi connectivity index (χ2v) is 6.69. The van der Waals surface area contributed by atoms with Gasteiger partial charge in [0.2, 0.25) is 0 Å². The van der Waals surface area contributed by atoms with Gasteiger partial charge < -0.3 is 9.47 Å². The van der Waals surface area contributed by atoms with Crippen LogP contribution in [0.25, 0.3) is 5.57 Å². The molecule has 1 atom stereocenters. The van der Waals surface area contributed by atoms with Crippen molar-refractivity contribution in [3.63, 3.8) is 0 Å². The number of aryl methyl sites for hydroxylation is 1. The first kappa shape index (κ1) is 17.7. The number of benzene rings is 2. The number of likely N-dealkylation sites (tertiary alicyclic amines) is 1. The summed E-state index contributed by atoms with van der Waals surface area (Å²) in [6.07, 6.45) is 4.85. The van der Waals surface area contributed by atoms with E-state index in [2.05, 4.69) is 67.4 Å². The molecular weight excluding hydrogens is 310 g/mol. The highest BCUT2D eigenvalue weighted by atomic mass is 16.7. The Morgan fingerprint density at radius 1 is 1.20 bits per heavy atom. The summed E-state index contributed by atoms with van der Waals surface area (Å²) >= 11 is 0. The molecule has 2 aromatic carbocycles. The molecule has 25 heavy (non-hydrogen) atoms. The second-order valence-electron chi connectivity index (χ2n) is 6.69. The van der Waals surface area contributed by atoms with Crippen molar-refractivity contribution in [2.45, 2.75) is 25.8 Å². The van der Waals surface area contributed by atoms with Crippen LogP contribution < -0.4 is 4.74 Å². The number of hydrogen-bond acceptors (Lipinski definition) is 3. The fourth-order valence-corrected chi connectivity index (χ4v) is 3.40. The van der Waals surface area contributed by atoms with E-state index >= 15 is 0 Å². The van der Waals surface area contributed by atoms with Gasteiger partial charge >= 0.3 is 0 Å². The van der Waals surface area contributed by atoms with Crippen molar-refractivity contribution in [3.05, 3.63) is 71.3 Å². The molecule has 1 heterocycles. The molecule has 0 N–H and O–H groups in total. The van der Waals surface area contributed by atoms with Crippen molar-refractivity contribution in [2.75, 3.05) is 27.5 Å². The lowest BCUT2D eigenvalue weighted by Gasteiger charge is -2.20. The highest BCUT2D eigenvalue weighted by molar-refractivity contribution is 5.83. The van der Waals surface area contributed by atoms with E-state index in [-0.39, 0.29) is 6.79 Å². The van der Waals surface area contributed by atoms with E-state index in [1.807, 2.05) is 6.07 Å². The lowest BCUT2D eigenvalue weighted by atomic mass is 9.93. The Bertz CT molecular complexity index is 724. The topological polar surface area (TPSA) is 21.7 Å². The lowest BCUT2D eigenvalue weighted by Crippen LogP contribution is -2.23. The summed E-state index contributed by atoms with van der Waals surface area (Å²) in [4.78, 5) is 2.43. The zero-order chi connectivity index (χ0) is 17.6. The highest BCUT2D eigenvalue weighted by Crippen LogP contribution is 2.34. The zero-order valence-electron chi connectivity index (χ0n) is 15.4. The van der Waals surface area contributed by atoms with Crippen LogP contribution in [0.3, 0.4) is 0 Å². The fourth-order valence-electron chi connectivity index (χ4n) is 3.40. The van der Waals surface area contributed by atoms with E-state index in [0.29, 0.717) is 6.04 Å². The largest absolute Gasteiger partial charge is 0.467 e. The molecule has 1 fully saturated rings. The number of nitrogens with zero attached hydrogens (tertiary/aromatic N) is 1. The molecule has 1 unspecified atom stereocenters. The normalized spacial score (nSPS) is 18.5. The van der Waals surface area contributed by atoms with Crippen LogP contribution in [0.1, 0.15) is 29.5 Å². The maximum atomic E-state index is 5.86. The van der Waals surface area contributed by atoms with Gasteiger partial charge in [-0.2, -0.15) is 0 Å². The van der Waals surface area contributed by atoms with Crippen LogP contribution in [0.5, 0.6) is 5.75 Å². The Morgan fingerprint density at radius 2 is 2.00 bits per heavy atom. The minimum absolute atomic E-state index is 0.251. The monoisotopic (exact) mass is 337 g/mol. The predicted octanol–water partition coefficient (Wildman–Crippen LogP) is 4.50. The molecule has 3 heteroatoms. The maximum Gasteiger partial charge on any atom is 0.188 e. The molecule has 1 saturated heterocycles. The SMILES string of the molecule is COCOc1ccc(C)cc1/C(=C/C1CCCN1C)c1ccccc1. The van der Waals surface area contributed by atoms with Crippen LogP contribution >= 0.6 is 0 Å². The Balaban J connectivity index is 2.08. The van der Waals surface area contributed by atoms with Crippen molar-refractivity contribution in [1.82, 2.24) is 4.90 Å². The first-order valence-electron chi connectivity index (χ1n) is 8.89. The molecule has 1 aliphatic rings. The number of likely N-dealkylation sites (N-methyl/N-ethyl adjacent to an activating group) is 1. The van der Waals surface area contributed by atoms with Crippen LogP contribution in [0.2, 0.25) is 0 Å². The van der Waals surface area contributed by atoms with Crippen LogP contribution in [0.4, 0.5) is 0 Å². The van der Waals surface area contributed by atoms with Crippen molar-refractivity contribution >= 4 is 5.57 Å². The summed E-state index contributed by atoms with van der Waals surface area (Å²) in [7, 11) is 3.85. The lowest BCUT2D eigenvalue weighted by molar-refractivity contribution is 0.0509. The summed E-state index contributed by atoms with van der Waals surface area (Å²) in [5.74, 6) is 0.864. The van der Waals surface area contributed by atoms with Crippen molar-refractivity contribution in [1.29, 1.82) is 0 Å². The highest BCUT2D eigenvalue weighted by Gasteiger charge is 2.21. The molecule has 3 nitrogen and oxygen atoms in total. The quantitative estimate of drug-likeness (QED) is 0.724. The van der Waals surface area contributed by atoms with Gasteiger partial charge in [0.05, 0.1) is 0 Å². The zero-order valence-corrected chi connectivity index (χ0v) is 15.4. The Hall–Kier alpha value is -2.10. The third-order valence-electron chi connectivity index (χ3n) is 4.78. The molecule has 2 aromatic rings. The molecule has 3 rings (SSSR count). The Labute approximate surface area is 150 Å². The van der Waals surface area contributed by atoms with E-state index in [0.717, 1.165) is 17.9 Å². The number of ether oxygens (including phenoxy) is 2. The minimum Gasteiger partial charge on any atom is -0.467 e. The summed E-state index contributed by atoms with van der Waals surface area (Å²) in [5, 5.41) is 0. The van der Waals surface area contributed by atoms with E-state index in [1.165, 1.54) is 29.5 Å². The minimum atomic E-state index is 0.251. The first-order valence-corrected chi connectivity index (χ1v) is 8.89.